The summed E-state index contributed by atoms with van der Waals surface area (Å²) >= 11 is 0. The second kappa shape index (κ2) is 8.43. The summed E-state index contributed by atoms with van der Waals surface area (Å²) in [6.07, 6.45) is 2.41. The fourth-order valence-electron chi connectivity index (χ4n) is 2.87. The number of aromatic nitrogens is 2. The number of carbonyl (C=O) groups excluding carboxylic acids is 2. The van der Waals surface area contributed by atoms with Crippen LogP contribution in [0.3, 0.4) is 0 Å². The van der Waals surface area contributed by atoms with Crippen molar-refractivity contribution in [1.29, 1.82) is 0 Å². The Hall–Kier alpha value is -3.54. The Morgan fingerprint density at radius 1 is 1.07 bits per heavy atom. The van der Waals surface area contributed by atoms with Crippen molar-refractivity contribution in [3.8, 4) is 0 Å². The highest BCUT2D eigenvalue weighted by atomic mass is 16.2. The van der Waals surface area contributed by atoms with Gasteiger partial charge in [-0.3, -0.25) is 9.59 Å². The fraction of sp³-hybridized carbons (Fsp3) is 0.182. The number of rotatable bonds is 6. The van der Waals surface area contributed by atoms with Crippen LogP contribution in [0.4, 0.5) is 17.3 Å². The van der Waals surface area contributed by atoms with Crippen LogP contribution >= 0.6 is 0 Å². The van der Waals surface area contributed by atoms with E-state index in [0.717, 1.165) is 23.2 Å². The minimum absolute atomic E-state index is 0.0606. The van der Waals surface area contributed by atoms with Crippen LogP contribution in [-0.2, 0) is 6.42 Å². The van der Waals surface area contributed by atoms with Gasteiger partial charge in [0.25, 0.3) is 5.91 Å². The van der Waals surface area contributed by atoms with Gasteiger partial charge in [-0.15, -0.1) is 0 Å². The number of amides is 1. The van der Waals surface area contributed by atoms with Crippen LogP contribution in [0.25, 0.3) is 0 Å². The third-order valence-corrected chi connectivity index (χ3v) is 4.39. The molecule has 0 fully saturated rings. The molecule has 6 nitrogen and oxygen atoms in total. The third kappa shape index (κ3) is 4.40. The van der Waals surface area contributed by atoms with Gasteiger partial charge in [-0.2, -0.15) is 0 Å². The Bertz CT molecular complexity index is 1030. The van der Waals surface area contributed by atoms with Gasteiger partial charge in [0.05, 0.1) is 0 Å². The second-order valence-electron chi connectivity index (χ2n) is 6.44. The highest BCUT2D eigenvalue weighted by Crippen LogP contribution is 2.24. The molecule has 2 aromatic carbocycles. The SMILES string of the molecule is CCc1cccc(C)c1Nc1nccc(C(=O)Nc2cccc(C(C)=O)c2)n1. The van der Waals surface area contributed by atoms with Gasteiger partial charge >= 0.3 is 0 Å². The van der Waals surface area contributed by atoms with Gasteiger partial charge in [0, 0.05) is 23.1 Å². The average molecular weight is 374 g/mol. The molecular weight excluding hydrogens is 352 g/mol. The maximum atomic E-state index is 12.6. The number of anilines is 3. The molecule has 0 spiro atoms. The minimum atomic E-state index is -0.369. The fourth-order valence-corrected chi connectivity index (χ4v) is 2.87. The molecule has 0 bridgehead atoms. The molecule has 6 heteroatoms. The first kappa shape index (κ1) is 19.2. The van der Waals surface area contributed by atoms with Crippen LogP contribution in [0.1, 0.15) is 45.8 Å². The van der Waals surface area contributed by atoms with E-state index in [1.807, 2.05) is 25.1 Å². The lowest BCUT2D eigenvalue weighted by molar-refractivity contribution is 0.100. The number of ketones is 1. The zero-order valence-corrected chi connectivity index (χ0v) is 16.1. The van der Waals surface area contributed by atoms with Gasteiger partial charge in [-0.1, -0.05) is 37.3 Å². The van der Waals surface area contributed by atoms with E-state index in [4.69, 9.17) is 0 Å². The Morgan fingerprint density at radius 3 is 2.61 bits per heavy atom. The number of carbonyl (C=O) groups is 2. The Morgan fingerprint density at radius 2 is 1.86 bits per heavy atom. The van der Waals surface area contributed by atoms with E-state index in [1.54, 1.807) is 36.5 Å². The molecule has 0 saturated heterocycles. The topological polar surface area (TPSA) is 84.0 Å². The van der Waals surface area contributed by atoms with Crippen molar-refractivity contribution in [2.75, 3.05) is 10.6 Å². The Labute approximate surface area is 164 Å². The van der Waals surface area contributed by atoms with Gasteiger partial charge < -0.3 is 10.6 Å². The predicted molar refractivity (Wildman–Crippen MR) is 110 cm³/mol. The van der Waals surface area contributed by atoms with Crippen LogP contribution in [-0.4, -0.2) is 21.7 Å². The molecule has 0 unspecified atom stereocenters. The summed E-state index contributed by atoms with van der Waals surface area (Å²) < 4.78 is 0. The lowest BCUT2D eigenvalue weighted by Crippen LogP contribution is -2.15. The highest BCUT2D eigenvalue weighted by Gasteiger charge is 2.12. The zero-order chi connectivity index (χ0) is 20.1. The van der Waals surface area contributed by atoms with E-state index in [2.05, 4.69) is 27.5 Å². The van der Waals surface area contributed by atoms with E-state index in [9.17, 15) is 9.59 Å². The van der Waals surface area contributed by atoms with Crippen LogP contribution < -0.4 is 10.6 Å². The maximum Gasteiger partial charge on any atom is 0.274 e. The molecule has 3 aromatic rings. The molecule has 0 aliphatic carbocycles. The lowest BCUT2D eigenvalue weighted by atomic mass is 10.1. The van der Waals surface area contributed by atoms with Gasteiger partial charge in [-0.25, -0.2) is 9.97 Å². The number of aryl methyl sites for hydroxylation is 2. The highest BCUT2D eigenvalue weighted by molar-refractivity contribution is 6.04. The number of hydrogen-bond donors (Lipinski definition) is 2. The van der Waals surface area contributed by atoms with Gasteiger partial charge in [0.1, 0.15) is 5.69 Å². The molecule has 0 aliphatic rings. The Balaban J connectivity index is 1.81. The van der Waals surface area contributed by atoms with Crippen molar-refractivity contribution < 1.29 is 9.59 Å². The summed E-state index contributed by atoms with van der Waals surface area (Å²) in [5.41, 5.74) is 4.50. The molecule has 3 rings (SSSR count). The summed E-state index contributed by atoms with van der Waals surface area (Å²) in [6.45, 7) is 5.58. The Kier molecular flexibility index (Phi) is 5.79. The number of nitrogens with one attached hydrogen (secondary N) is 2. The molecule has 0 aliphatic heterocycles. The first-order valence-electron chi connectivity index (χ1n) is 9.09. The van der Waals surface area contributed by atoms with Crippen molar-refractivity contribution in [1.82, 2.24) is 9.97 Å². The van der Waals surface area contributed by atoms with Crippen molar-refractivity contribution in [3.63, 3.8) is 0 Å². The summed E-state index contributed by atoms with van der Waals surface area (Å²) in [5.74, 6) is -0.0737. The lowest BCUT2D eigenvalue weighted by Gasteiger charge is -2.13. The third-order valence-electron chi connectivity index (χ3n) is 4.39. The number of nitrogens with zero attached hydrogens (tertiary/aromatic N) is 2. The smallest absolute Gasteiger partial charge is 0.274 e. The van der Waals surface area contributed by atoms with E-state index >= 15 is 0 Å². The molecule has 28 heavy (non-hydrogen) atoms. The molecular formula is C22H22N4O2. The zero-order valence-electron chi connectivity index (χ0n) is 16.1. The number of Topliss-reactive ketones (excluding diaryl/α,β-unsaturated/α-hetero) is 1. The first-order valence-corrected chi connectivity index (χ1v) is 9.09. The predicted octanol–water partition coefficient (Wildman–Crippen LogP) is 4.55. The second-order valence-corrected chi connectivity index (χ2v) is 6.44. The monoisotopic (exact) mass is 374 g/mol. The summed E-state index contributed by atoms with van der Waals surface area (Å²) in [6, 6.07) is 14.4. The number of benzene rings is 2. The molecule has 0 radical (unpaired) electrons. The molecule has 0 saturated carbocycles. The van der Waals surface area contributed by atoms with Crippen molar-refractivity contribution in [3.05, 3.63) is 77.1 Å². The summed E-state index contributed by atoms with van der Waals surface area (Å²) in [4.78, 5) is 32.7. The first-order chi connectivity index (χ1) is 13.5. The standard InChI is InChI=1S/C22H22N4O2/c1-4-16-8-5-7-14(2)20(16)26-22-23-12-11-19(25-22)21(28)24-18-10-6-9-17(13-18)15(3)27/h5-13H,4H2,1-3H3,(H,24,28)(H,23,25,26). The normalized spacial score (nSPS) is 10.4. The van der Waals surface area contributed by atoms with Crippen molar-refractivity contribution in [2.45, 2.75) is 27.2 Å². The van der Waals surface area contributed by atoms with E-state index < -0.39 is 0 Å². The van der Waals surface area contributed by atoms with Crippen LogP contribution in [0.5, 0.6) is 0 Å². The maximum absolute atomic E-state index is 12.6. The van der Waals surface area contributed by atoms with Gasteiger partial charge in [0.2, 0.25) is 5.95 Å². The molecule has 1 heterocycles. The molecule has 0 atom stereocenters. The van der Waals surface area contributed by atoms with Crippen LogP contribution in [0.15, 0.2) is 54.7 Å². The summed E-state index contributed by atoms with van der Waals surface area (Å²) in [5, 5.41) is 6.00. The van der Waals surface area contributed by atoms with Crippen LogP contribution in [0.2, 0.25) is 0 Å². The van der Waals surface area contributed by atoms with Crippen molar-refractivity contribution in [2.24, 2.45) is 0 Å². The van der Waals surface area contributed by atoms with E-state index in [-0.39, 0.29) is 17.4 Å². The molecule has 142 valence electrons. The summed E-state index contributed by atoms with van der Waals surface area (Å²) in [7, 11) is 0. The van der Waals surface area contributed by atoms with E-state index in [0.29, 0.717) is 17.2 Å². The average Bonchev–Trinajstić information content (AvgIpc) is 2.70. The van der Waals surface area contributed by atoms with E-state index in [1.165, 1.54) is 6.92 Å². The number of hydrogen-bond acceptors (Lipinski definition) is 5. The quantitative estimate of drug-likeness (QED) is 0.619. The molecule has 1 aromatic heterocycles. The molecule has 2 N–H and O–H groups in total. The van der Waals surface area contributed by atoms with Gasteiger partial charge in [0.15, 0.2) is 5.78 Å². The molecule has 1 amide bonds. The van der Waals surface area contributed by atoms with Gasteiger partial charge in [-0.05, 0) is 49.6 Å². The minimum Gasteiger partial charge on any atom is -0.324 e. The largest absolute Gasteiger partial charge is 0.324 e. The number of para-hydroxylation sites is 1. The van der Waals surface area contributed by atoms with Crippen molar-refractivity contribution >= 4 is 29.0 Å². The van der Waals surface area contributed by atoms with Crippen LogP contribution in [0, 0.1) is 6.92 Å².